The molecule has 0 aliphatic heterocycles. The van der Waals surface area contributed by atoms with Crippen molar-refractivity contribution in [3.05, 3.63) is 77.9 Å². The lowest BCUT2D eigenvalue weighted by atomic mass is 10.2. The number of anilines is 3. The van der Waals surface area contributed by atoms with E-state index in [0.717, 1.165) is 5.56 Å². The molecule has 2 N–H and O–H groups in total. The Balaban J connectivity index is 1.67. The predicted octanol–water partition coefficient (Wildman–Crippen LogP) is 3.92. The summed E-state index contributed by atoms with van der Waals surface area (Å²) in [5, 5.41) is 5.73. The van der Waals surface area contributed by atoms with Crippen LogP contribution >= 0.6 is 0 Å². The molecule has 1 heterocycles. The quantitative estimate of drug-likeness (QED) is 0.764. The largest absolute Gasteiger partial charge is 0.324 e. The molecule has 2 aromatic carbocycles. The highest BCUT2D eigenvalue weighted by Crippen LogP contribution is 2.14. The molecule has 0 bridgehead atoms. The van der Waals surface area contributed by atoms with E-state index >= 15 is 0 Å². The van der Waals surface area contributed by atoms with Crippen LogP contribution in [-0.2, 0) is 0 Å². The van der Waals surface area contributed by atoms with E-state index < -0.39 is 0 Å². The molecule has 5 nitrogen and oxygen atoms in total. The van der Waals surface area contributed by atoms with Crippen LogP contribution < -0.4 is 10.6 Å². The van der Waals surface area contributed by atoms with Gasteiger partial charge in [0.15, 0.2) is 0 Å². The van der Waals surface area contributed by atoms with Crippen LogP contribution in [-0.4, -0.2) is 15.9 Å². The molecular formula is C18H15FN4O. The van der Waals surface area contributed by atoms with E-state index in [0.29, 0.717) is 22.9 Å². The van der Waals surface area contributed by atoms with E-state index in [1.54, 1.807) is 12.1 Å². The Kier molecular flexibility index (Phi) is 4.47. The number of benzene rings is 2. The topological polar surface area (TPSA) is 66.9 Å². The number of hydrogen-bond acceptors (Lipinski definition) is 4. The van der Waals surface area contributed by atoms with E-state index in [2.05, 4.69) is 20.6 Å². The summed E-state index contributed by atoms with van der Waals surface area (Å²) in [7, 11) is 0. The van der Waals surface area contributed by atoms with Gasteiger partial charge in [-0.05, 0) is 48.9 Å². The number of nitrogens with zero attached hydrogens (tertiary/aromatic N) is 2. The normalized spacial score (nSPS) is 10.2. The van der Waals surface area contributed by atoms with Gasteiger partial charge in [0.05, 0.1) is 5.56 Å². The van der Waals surface area contributed by atoms with E-state index in [1.165, 1.54) is 24.5 Å². The van der Waals surface area contributed by atoms with Crippen LogP contribution in [0.25, 0.3) is 0 Å². The van der Waals surface area contributed by atoms with Gasteiger partial charge in [-0.1, -0.05) is 12.1 Å². The lowest BCUT2D eigenvalue weighted by Crippen LogP contribution is -2.13. The highest BCUT2D eigenvalue weighted by Gasteiger charge is 2.08. The number of amides is 1. The maximum Gasteiger partial charge on any atom is 0.258 e. The first-order chi connectivity index (χ1) is 11.6. The Morgan fingerprint density at radius 1 is 1.00 bits per heavy atom. The minimum absolute atomic E-state index is 0.283. The first-order valence-electron chi connectivity index (χ1n) is 7.33. The highest BCUT2D eigenvalue weighted by molar-refractivity contribution is 6.03. The van der Waals surface area contributed by atoms with Gasteiger partial charge in [0, 0.05) is 23.8 Å². The highest BCUT2D eigenvalue weighted by atomic mass is 19.1. The van der Waals surface area contributed by atoms with E-state index in [4.69, 9.17) is 0 Å². The number of aromatic nitrogens is 2. The van der Waals surface area contributed by atoms with Crippen molar-refractivity contribution in [1.29, 1.82) is 0 Å². The zero-order chi connectivity index (χ0) is 16.9. The molecule has 1 amide bonds. The van der Waals surface area contributed by atoms with Gasteiger partial charge < -0.3 is 10.6 Å². The molecule has 0 saturated heterocycles. The molecule has 6 heteroatoms. The molecule has 0 saturated carbocycles. The lowest BCUT2D eigenvalue weighted by Gasteiger charge is -2.07. The fourth-order valence-corrected chi connectivity index (χ4v) is 2.10. The van der Waals surface area contributed by atoms with Gasteiger partial charge in [-0.3, -0.25) is 4.79 Å². The minimum Gasteiger partial charge on any atom is -0.324 e. The molecular weight excluding hydrogens is 307 g/mol. The SMILES string of the molecule is Cc1cccc(NC(=O)c2cnc(Nc3ccc(F)cc3)nc2)c1. The number of carbonyl (C=O) groups is 1. The molecule has 3 rings (SSSR count). The van der Waals surface area contributed by atoms with Crippen LogP contribution in [0, 0.1) is 12.7 Å². The number of carbonyl (C=O) groups excluding carboxylic acids is 1. The summed E-state index contributed by atoms with van der Waals surface area (Å²) in [4.78, 5) is 20.4. The average molecular weight is 322 g/mol. The summed E-state index contributed by atoms with van der Waals surface area (Å²) < 4.78 is 12.9. The van der Waals surface area contributed by atoms with Crippen LogP contribution in [0.2, 0.25) is 0 Å². The van der Waals surface area contributed by atoms with Crippen molar-refractivity contribution in [1.82, 2.24) is 9.97 Å². The molecule has 0 unspecified atom stereocenters. The first kappa shape index (κ1) is 15.6. The molecule has 0 spiro atoms. The minimum atomic E-state index is -0.315. The second-order valence-corrected chi connectivity index (χ2v) is 5.25. The average Bonchev–Trinajstić information content (AvgIpc) is 2.57. The monoisotopic (exact) mass is 322 g/mol. The standard InChI is InChI=1S/C18H15FN4O/c1-12-3-2-4-16(9-12)22-17(24)13-10-20-18(21-11-13)23-15-7-5-14(19)6-8-15/h2-11H,1H3,(H,22,24)(H,20,21,23). The molecule has 0 aliphatic carbocycles. The predicted molar refractivity (Wildman–Crippen MR) is 90.8 cm³/mol. The van der Waals surface area contributed by atoms with E-state index in [1.807, 2.05) is 31.2 Å². The summed E-state index contributed by atoms with van der Waals surface area (Å²) in [5.41, 5.74) is 2.78. The van der Waals surface area contributed by atoms with Gasteiger partial charge in [-0.25, -0.2) is 14.4 Å². The van der Waals surface area contributed by atoms with Crippen LogP contribution in [0.3, 0.4) is 0 Å². The summed E-state index contributed by atoms with van der Waals surface area (Å²) >= 11 is 0. The molecule has 0 aliphatic rings. The number of hydrogen-bond donors (Lipinski definition) is 2. The van der Waals surface area contributed by atoms with Gasteiger partial charge in [0.25, 0.3) is 5.91 Å². The zero-order valence-corrected chi connectivity index (χ0v) is 13.0. The second-order valence-electron chi connectivity index (χ2n) is 5.25. The van der Waals surface area contributed by atoms with Crippen molar-refractivity contribution in [2.24, 2.45) is 0 Å². The third-order valence-corrected chi connectivity index (χ3v) is 3.29. The maximum atomic E-state index is 12.9. The van der Waals surface area contributed by atoms with Gasteiger partial charge in [-0.2, -0.15) is 0 Å². The van der Waals surface area contributed by atoms with Gasteiger partial charge in [0.2, 0.25) is 5.95 Å². The van der Waals surface area contributed by atoms with Gasteiger partial charge >= 0.3 is 0 Å². The molecule has 3 aromatic rings. The maximum absolute atomic E-state index is 12.9. The molecule has 120 valence electrons. The Morgan fingerprint density at radius 2 is 1.71 bits per heavy atom. The third-order valence-electron chi connectivity index (χ3n) is 3.29. The summed E-state index contributed by atoms with van der Waals surface area (Å²) in [6.07, 6.45) is 2.87. The van der Waals surface area contributed by atoms with Crippen LogP contribution in [0.5, 0.6) is 0 Å². The molecule has 0 fully saturated rings. The molecule has 24 heavy (non-hydrogen) atoms. The van der Waals surface area contributed by atoms with Crippen LogP contribution in [0.1, 0.15) is 15.9 Å². The molecule has 1 aromatic heterocycles. The second kappa shape index (κ2) is 6.87. The van der Waals surface area contributed by atoms with Gasteiger partial charge in [-0.15, -0.1) is 0 Å². The summed E-state index contributed by atoms with van der Waals surface area (Å²) in [6, 6.07) is 13.4. The van der Waals surface area contributed by atoms with E-state index in [9.17, 15) is 9.18 Å². The van der Waals surface area contributed by atoms with Crippen molar-refractivity contribution >= 4 is 23.2 Å². The van der Waals surface area contributed by atoms with Crippen molar-refractivity contribution in [3.63, 3.8) is 0 Å². The number of aryl methyl sites for hydroxylation is 1. The van der Waals surface area contributed by atoms with Crippen LogP contribution in [0.15, 0.2) is 60.9 Å². The Morgan fingerprint density at radius 3 is 2.38 bits per heavy atom. The Labute approximate surface area is 138 Å². The smallest absolute Gasteiger partial charge is 0.258 e. The Bertz CT molecular complexity index is 848. The van der Waals surface area contributed by atoms with Crippen molar-refractivity contribution in [3.8, 4) is 0 Å². The van der Waals surface area contributed by atoms with Gasteiger partial charge in [0.1, 0.15) is 5.82 Å². The zero-order valence-electron chi connectivity index (χ0n) is 13.0. The lowest BCUT2D eigenvalue weighted by molar-refractivity contribution is 0.102. The third kappa shape index (κ3) is 3.92. The van der Waals surface area contributed by atoms with Crippen molar-refractivity contribution in [2.45, 2.75) is 6.92 Å². The summed E-state index contributed by atoms with van der Waals surface area (Å²) in [5.74, 6) is -0.271. The Hall–Kier alpha value is -3.28. The van der Waals surface area contributed by atoms with Crippen molar-refractivity contribution < 1.29 is 9.18 Å². The number of halogens is 1. The number of rotatable bonds is 4. The fraction of sp³-hybridized carbons (Fsp3) is 0.0556. The summed E-state index contributed by atoms with van der Waals surface area (Å²) in [6.45, 7) is 1.95. The molecule has 0 atom stereocenters. The fourth-order valence-electron chi connectivity index (χ4n) is 2.10. The van der Waals surface area contributed by atoms with E-state index in [-0.39, 0.29) is 11.7 Å². The first-order valence-corrected chi connectivity index (χ1v) is 7.33. The van der Waals surface area contributed by atoms with Crippen LogP contribution in [0.4, 0.5) is 21.7 Å². The van der Waals surface area contributed by atoms with Crippen molar-refractivity contribution in [2.75, 3.05) is 10.6 Å². The number of nitrogens with one attached hydrogen (secondary N) is 2. The molecule has 0 radical (unpaired) electrons.